The van der Waals surface area contributed by atoms with Crippen LogP contribution in [0.15, 0.2) is 66.7 Å². The maximum Gasteiger partial charge on any atom is 0.259 e. The Balaban J connectivity index is 1.77. The Bertz CT molecular complexity index is 1180. The predicted molar refractivity (Wildman–Crippen MR) is 128 cm³/mol. The molecule has 1 aliphatic rings. The number of rotatable bonds is 6. The lowest BCUT2D eigenvalue weighted by atomic mass is 9.82. The molecule has 3 aromatic rings. The van der Waals surface area contributed by atoms with Crippen LogP contribution >= 0.6 is 0 Å². The fourth-order valence-corrected chi connectivity index (χ4v) is 4.36. The van der Waals surface area contributed by atoms with Crippen molar-refractivity contribution in [2.45, 2.75) is 32.4 Å². The quantitative estimate of drug-likeness (QED) is 0.616. The van der Waals surface area contributed by atoms with Crippen LogP contribution in [0, 0.1) is 6.92 Å². The Hall–Kier alpha value is -3.80. The molecule has 0 fully saturated rings. The zero-order valence-electron chi connectivity index (χ0n) is 19.3. The lowest BCUT2D eigenvalue weighted by Crippen LogP contribution is -2.63. The number of nitrogens with zero attached hydrogens (tertiary/aromatic N) is 1. The Labute approximate surface area is 194 Å². The molecule has 6 nitrogen and oxygen atoms in total. The van der Waals surface area contributed by atoms with Gasteiger partial charge in [-0.15, -0.1) is 0 Å². The van der Waals surface area contributed by atoms with Gasteiger partial charge in [-0.2, -0.15) is 0 Å². The predicted octanol–water partition coefficient (Wildman–Crippen LogP) is 4.29. The maximum atomic E-state index is 13.7. The number of anilines is 1. The summed E-state index contributed by atoms with van der Waals surface area (Å²) < 4.78 is 10.8. The molecule has 0 saturated heterocycles. The second-order valence-electron chi connectivity index (χ2n) is 8.43. The van der Waals surface area contributed by atoms with E-state index in [2.05, 4.69) is 5.32 Å². The highest BCUT2D eigenvalue weighted by atomic mass is 16.5. The molecule has 33 heavy (non-hydrogen) atoms. The van der Waals surface area contributed by atoms with Crippen molar-refractivity contribution >= 4 is 17.5 Å². The van der Waals surface area contributed by atoms with Crippen molar-refractivity contribution < 1.29 is 19.1 Å². The first-order chi connectivity index (χ1) is 15.9. The summed E-state index contributed by atoms with van der Waals surface area (Å²) in [5.41, 5.74) is 2.96. The molecule has 0 spiro atoms. The topological polar surface area (TPSA) is 67.9 Å². The van der Waals surface area contributed by atoms with Crippen LogP contribution in [0.5, 0.6) is 11.5 Å². The minimum Gasteiger partial charge on any atom is -0.497 e. The fourth-order valence-electron chi connectivity index (χ4n) is 4.36. The molecule has 6 heteroatoms. The van der Waals surface area contributed by atoms with E-state index in [9.17, 15) is 9.59 Å². The van der Waals surface area contributed by atoms with E-state index in [1.807, 2.05) is 49.4 Å². The number of nitrogens with one attached hydrogen (secondary N) is 1. The van der Waals surface area contributed by atoms with Gasteiger partial charge in [0.1, 0.15) is 17.0 Å². The average molecular weight is 445 g/mol. The summed E-state index contributed by atoms with van der Waals surface area (Å²) in [7, 11) is 3.11. The van der Waals surface area contributed by atoms with E-state index in [1.165, 1.54) is 0 Å². The fraction of sp³-hybridized carbons (Fsp3) is 0.259. The Morgan fingerprint density at radius 1 is 1.00 bits per heavy atom. The highest BCUT2D eigenvalue weighted by Gasteiger charge is 2.47. The summed E-state index contributed by atoms with van der Waals surface area (Å²) >= 11 is 0. The summed E-state index contributed by atoms with van der Waals surface area (Å²) in [6.07, 6.45) is 0.383. The lowest BCUT2D eigenvalue weighted by molar-refractivity contribution is -0.126. The number of methoxy groups -OCH3 is 2. The normalized spacial score (nSPS) is 17.3. The van der Waals surface area contributed by atoms with Gasteiger partial charge in [-0.05, 0) is 36.6 Å². The van der Waals surface area contributed by atoms with Crippen LogP contribution in [0.2, 0.25) is 0 Å². The number of fused-ring (bicyclic) bond motifs is 1. The molecule has 1 N–H and O–H groups in total. The van der Waals surface area contributed by atoms with Gasteiger partial charge >= 0.3 is 0 Å². The molecule has 2 amide bonds. The molecule has 0 radical (unpaired) electrons. The first-order valence-corrected chi connectivity index (χ1v) is 10.9. The smallest absolute Gasteiger partial charge is 0.259 e. The van der Waals surface area contributed by atoms with E-state index in [4.69, 9.17) is 9.47 Å². The van der Waals surface area contributed by atoms with Gasteiger partial charge in [0.25, 0.3) is 5.91 Å². The number of ether oxygens (including phenoxy) is 2. The minimum atomic E-state index is -1.15. The molecule has 170 valence electrons. The molecular weight excluding hydrogens is 416 g/mol. The standard InChI is InChI=1S/C27H28N2O4/c1-18-9-5-6-11-20(18)17-28-26(31)27(2)16-19-10-7-8-12-24(19)25(30)29(27)21-13-22(32-3)15-23(14-21)33-4/h5-15H,16-17H2,1-4H3,(H,28,31). The van der Waals surface area contributed by atoms with Crippen molar-refractivity contribution in [1.82, 2.24) is 5.32 Å². The third-order valence-electron chi connectivity index (χ3n) is 6.26. The van der Waals surface area contributed by atoms with Crippen LogP contribution in [-0.4, -0.2) is 31.6 Å². The molecule has 0 bridgehead atoms. The molecule has 0 aliphatic carbocycles. The maximum absolute atomic E-state index is 13.7. The molecule has 1 heterocycles. The number of carbonyl (C=O) groups is 2. The van der Waals surface area contributed by atoms with Gasteiger partial charge in [0, 0.05) is 36.7 Å². The lowest BCUT2D eigenvalue weighted by Gasteiger charge is -2.44. The molecular formula is C27H28N2O4. The van der Waals surface area contributed by atoms with Crippen molar-refractivity contribution in [1.29, 1.82) is 0 Å². The molecule has 3 aromatic carbocycles. The van der Waals surface area contributed by atoms with Crippen molar-refractivity contribution in [3.8, 4) is 11.5 Å². The number of aryl methyl sites for hydroxylation is 1. The Morgan fingerprint density at radius 2 is 1.64 bits per heavy atom. The third-order valence-corrected chi connectivity index (χ3v) is 6.26. The minimum absolute atomic E-state index is 0.226. The molecule has 1 unspecified atom stereocenters. The van der Waals surface area contributed by atoms with E-state index < -0.39 is 5.54 Å². The molecule has 4 rings (SSSR count). The summed E-state index contributed by atoms with van der Waals surface area (Å²) in [5.74, 6) is 0.619. The molecule has 1 atom stereocenters. The van der Waals surface area contributed by atoms with Gasteiger partial charge in [0.15, 0.2) is 0 Å². The van der Waals surface area contributed by atoms with E-state index in [-0.39, 0.29) is 11.8 Å². The van der Waals surface area contributed by atoms with E-state index in [1.54, 1.807) is 50.3 Å². The zero-order valence-corrected chi connectivity index (χ0v) is 19.3. The van der Waals surface area contributed by atoms with Crippen molar-refractivity contribution in [2.75, 3.05) is 19.1 Å². The van der Waals surface area contributed by atoms with Crippen molar-refractivity contribution in [2.24, 2.45) is 0 Å². The highest BCUT2D eigenvalue weighted by Crippen LogP contribution is 2.38. The van der Waals surface area contributed by atoms with Crippen LogP contribution in [0.4, 0.5) is 5.69 Å². The number of hydrogen-bond acceptors (Lipinski definition) is 4. The number of benzene rings is 3. The number of hydrogen-bond donors (Lipinski definition) is 1. The monoisotopic (exact) mass is 444 g/mol. The summed E-state index contributed by atoms with van der Waals surface area (Å²) in [5, 5.41) is 3.06. The first-order valence-electron chi connectivity index (χ1n) is 10.9. The molecule has 0 aromatic heterocycles. The summed E-state index contributed by atoms with van der Waals surface area (Å²) in [6, 6.07) is 20.6. The van der Waals surface area contributed by atoms with E-state index in [0.717, 1.165) is 16.7 Å². The summed E-state index contributed by atoms with van der Waals surface area (Å²) in [6.45, 7) is 4.20. The Morgan fingerprint density at radius 3 is 2.30 bits per heavy atom. The van der Waals surface area contributed by atoms with Gasteiger partial charge in [0.2, 0.25) is 5.91 Å². The number of amides is 2. The van der Waals surface area contributed by atoms with E-state index in [0.29, 0.717) is 35.7 Å². The van der Waals surface area contributed by atoms with Crippen LogP contribution in [0.3, 0.4) is 0 Å². The largest absolute Gasteiger partial charge is 0.497 e. The second kappa shape index (κ2) is 8.98. The van der Waals surface area contributed by atoms with Gasteiger partial charge in [0.05, 0.1) is 19.9 Å². The van der Waals surface area contributed by atoms with Gasteiger partial charge < -0.3 is 14.8 Å². The van der Waals surface area contributed by atoms with Gasteiger partial charge in [-0.3, -0.25) is 14.5 Å². The van der Waals surface area contributed by atoms with Crippen LogP contribution in [0.1, 0.15) is 34.0 Å². The molecule has 1 aliphatic heterocycles. The molecule has 0 saturated carbocycles. The third kappa shape index (κ3) is 4.16. The SMILES string of the molecule is COc1cc(OC)cc(N2C(=O)c3ccccc3CC2(C)C(=O)NCc2ccccc2C)c1. The van der Waals surface area contributed by atoms with Crippen LogP contribution in [-0.2, 0) is 17.8 Å². The summed E-state index contributed by atoms with van der Waals surface area (Å²) in [4.78, 5) is 29.0. The average Bonchev–Trinajstić information content (AvgIpc) is 2.83. The Kier molecular flexibility index (Phi) is 6.09. The van der Waals surface area contributed by atoms with Crippen molar-refractivity contribution in [3.05, 3.63) is 89.0 Å². The number of carbonyl (C=O) groups excluding carboxylic acids is 2. The highest BCUT2D eigenvalue weighted by molar-refractivity contribution is 6.14. The first kappa shape index (κ1) is 22.4. The second-order valence-corrected chi connectivity index (χ2v) is 8.43. The van der Waals surface area contributed by atoms with Crippen LogP contribution < -0.4 is 19.7 Å². The van der Waals surface area contributed by atoms with Gasteiger partial charge in [-0.25, -0.2) is 0 Å². The van der Waals surface area contributed by atoms with Crippen molar-refractivity contribution in [3.63, 3.8) is 0 Å². The van der Waals surface area contributed by atoms with E-state index >= 15 is 0 Å². The zero-order chi connectivity index (χ0) is 23.6. The van der Waals surface area contributed by atoms with Gasteiger partial charge in [-0.1, -0.05) is 42.5 Å². The van der Waals surface area contributed by atoms with Crippen LogP contribution in [0.25, 0.3) is 0 Å².